The minimum absolute atomic E-state index is 0.236. The Balaban J connectivity index is 1.84. The highest BCUT2D eigenvalue weighted by Gasteiger charge is 2.37. The molecule has 1 aromatic heterocycles. The molecule has 0 aliphatic heterocycles. The Hall–Kier alpha value is -1.39. The van der Waals surface area contributed by atoms with Crippen molar-refractivity contribution in [2.45, 2.75) is 64.2 Å². The summed E-state index contributed by atoms with van der Waals surface area (Å²) in [6.45, 7) is 11.2. The van der Waals surface area contributed by atoms with Gasteiger partial charge < -0.3 is 11.1 Å². The number of nitrogens with one attached hydrogen (secondary N) is 1. The maximum atomic E-state index is 5.54. The zero-order valence-corrected chi connectivity index (χ0v) is 16.8. The average molecular weight is 358 g/mol. The molecule has 0 radical (unpaired) electrons. The van der Waals surface area contributed by atoms with Crippen LogP contribution >= 0.6 is 11.3 Å². The highest BCUT2D eigenvalue weighted by molar-refractivity contribution is 7.14. The Morgan fingerprint density at radius 1 is 1.08 bits per heavy atom. The molecule has 4 heteroatoms. The van der Waals surface area contributed by atoms with Gasteiger partial charge in [-0.15, -0.1) is 11.3 Å². The van der Waals surface area contributed by atoms with Gasteiger partial charge in [-0.2, -0.15) is 0 Å². The summed E-state index contributed by atoms with van der Waals surface area (Å²) < 4.78 is 0. The van der Waals surface area contributed by atoms with Gasteiger partial charge in [-0.05, 0) is 60.3 Å². The predicted octanol–water partition coefficient (Wildman–Crippen LogP) is 5.31. The van der Waals surface area contributed by atoms with Crippen LogP contribution in [0.25, 0.3) is 11.3 Å². The van der Waals surface area contributed by atoms with Crippen molar-refractivity contribution in [3.8, 4) is 11.3 Å². The summed E-state index contributed by atoms with van der Waals surface area (Å²) in [5.74, 6) is 0. The molecule has 1 aliphatic carbocycles. The third kappa shape index (κ3) is 3.90. The highest BCUT2D eigenvalue weighted by Crippen LogP contribution is 2.46. The number of aromatic nitrogens is 1. The van der Waals surface area contributed by atoms with Crippen molar-refractivity contribution in [1.29, 1.82) is 0 Å². The maximum absolute atomic E-state index is 5.54. The zero-order valence-electron chi connectivity index (χ0n) is 16.0. The van der Waals surface area contributed by atoms with Gasteiger partial charge >= 0.3 is 0 Å². The number of fused-ring (bicyclic) bond motifs is 1. The summed E-state index contributed by atoms with van der Waals surface area (Å²) in [4.78, 5) is 4.79. The van der Waals surface area contributed by atoms with Crippen LogP contribution in [0, 0.1) is 0 Å². The number of nitrogens with zero attached hydrogens (tertiary/aromatic N) is 1. The minimum atomic E-state index is 0.236. The van der Waals surface area contributed by atoms with E-state index in [0.717, 1.165) is 36.8 Å². The molecule has 3 rings (SSSR count). The summed E-state index contributed by atoms with van der Waals surface area (Å²) in [7, 11) is 0. The van der Waals surface area contributed by atoms with Gasteiger partial charge in [0.1, 0.15) is 0 Å². The molecule has 0 unspecified atom stereocenters. The number of unbranched alkanes of at least 4 members (excludes halogenated alkanes) is 1. The van der Waals surface area contributed by atoms with Crippen LogP contribution in [0.15, 0.2) is 23.6 Å². The largest absolute Gasteiger partial charge is 0.362 e. The van der Waals surface area contributed by atoms with Crippen molar-refractivity contribution in [2.75, 3.05) is 18.4 Å². The van der Waals surface area contributed by atoms with Crippen molar-refractivity contribution >= 4 is 16.5 Å². The number of nitrogens with two attached hydrogens (primary N) is 1. The molecule has 0 atom stereocenters. The molecular formula is C21H31N3S. The lowest BCUT2D eigenvalue weighted by molar-refractivity contribution is 0.332. The van der Waals surface area contributed by atoms with Crippen LogP contribution in [-0.4, -0.2) is 18.1 Å². The SMILES string of the molecule is CC1(C)CCC(C)(C)c2cc(-c3csc(NCCCCN)n3)ccc21. The first-order chi connectivity index (χ1) is 11.8. The van der Waals surface area contributed by atoms with E-state index in [4.69, 9.17) is 10.7 Å². The Kier molecular flexibility index (Phi) is 5.21. The van der Waals surface area contributed by atoms with E-state index in [9.17, 15) is 0 Å². The first-order valence-corrected chi connectivity index (χ1v) is 10.3. The molecule has 0 saturated carbocycles. The van der Waals surface area contributed by atoms with Gasteiger partial charge in [-0.3, -0.25) is 0 Å². The van der Waals surface area contributed by atoms with Crippen molar-refractivity contribution in [1.82, 2.24) is 4.98 Å². The van der Waals surface area contributed by atoms with E-state index < -0.39 is 0 Å². The van der Waals surface area contributed by atoms with E-state index in [2.05, 4.69) is 56.6 Å². The third-order valence-electron chi connectivity index (χ3n) is 5.56. The second-order valence-corrected chi connectivity index (χ2v) is 9.35. The van der Waals surface area contributed by atoms with E-state index in [1.165, 1.54) is 29.5 Å². The summed E-state index contributed by atoms with van der Waals surface area (Å²) >= 11 is 1.69. The third-order valence-corrected chi connectivity index (χ3v) is 6.36. The second-order valence-electron chi connectivity index (χ2n) is 8.49. The van der Waals surface area contributed by atoms with Gasteiger partial charge in [0.25, 0.3) is 0 Å². The molecule has 25 heavy (non-hydrogen) atoms. The van der Waals surface area contributed by atoms with Gasteiger partial charge in [-0.25, -0.2) is 4.98 Å². The maximum Gasteiger partial charge on any atom is 0.183 e. The van der Waals surface area contributed by atoms with Crippen molar-refractivity contribution in [2.24, 2.45) is 5.73 Å². The van der Waals surface area contributed by atoms with E-state index in [1.54, 1.807) is 11.3 Å². The lowest BCUT2D eigenvalue weighted by Crippen LogP contribution is -2.33. The zero-order chi connectivity index (χ0) is 18.1. The van der Waals surface area contributed by atoms with Crippen LogP contribution in [0.4, 0.5) is 5.13 Å². The van der Waals surface area contributed by atoms with Crippen LogP contribution in [0.2, 0.25) is 0 Å². The topological polar surface area (TPSA) is 50.9 Å². The fourth-order valence-corrected chi connectivity index (χ4v) is 4.45. The Labute approximate surface area is 156 Å². The highest BCUT2D eigenvalue weighted by atomic mass is 32.1. The van der Waals surface area contributed by atoms with E-state index in [1.807, 2.05) is 0 Å². The number of rotatable bonds is 6. The van der Waals surface area contributed by atoms with Gasteiger partial charge in [0.15, 0.2) is 5.13 Å². The standard InChI is InChI=1S/C21H31N3S/c1-20(2)9-10-21(3,4)17-13-15(7-8-16(17)20)18-14-25-19(24-18)23-12-6-5-11-22/h7-8,13-14H,5-6,9-12,22H2,1-4H3,(H,23,24). The van der Waals surface area contributed by atoms with E-state index >= 15 is 0 Å². The molecule has 0 bridgehead atoms. The number of thiazole rings is 1. The van der Waals surface area contributed by atoms with Gasteiger partial charge in [-0.1, -0.05) is 39.8 Å². The molecular weight excluding hydrogens is 326 g/mol. The molecule has 2 aromatic rings. The smallest absolute Gasteiger partial charge is 0.183 e. The molecule has 0 saturated heterocycles. The second kappa shape index (κ2) is 7.08. The molecule has 0 fully saturated rings. The molecule has 0 amide bonds. The van der Waals surface area contributed by atoms with Crippen molar-refractivity contribution in [3.05, 3.63) is 34.7 Å². The minimum Gasteiger partial charge on any atom is -0.362 e. The van der Waals surface area contributed by atoms with Crippen LogP contribution in [-0.2, 0) is 10.8 Å². The van der Waals surface area contributed by atoms with Gasteiger partial charge in [0.2, 0.25) is 0 Å². The quantitative estimate of drug-likeness (QED) is 0.689. The normalized spacial score (nSPS) is 18.0. The fraction of sp³-hybridized carbons (Fsp3) is 0.571. The fourth-order valence-electron chi connectivity index (χ4n) is 3.70. The first kappa shape index (κ1) is 18.4. The van der Waals surface area contributed by atoms with E-state index in [0.29, 0.717) is 0 Å². The Morgan fingerprint density at radius 3 is 2.52 bits per heavy atom. The lowest BCUT2D eigenvalue weighted by Gasteiger charge is -2.42. The summed E-state index contributed by atoms with van der Waals surface area (Å²) in [5, 5.41) is 6.58. The van der Waals surface area contributed by atoms with Crippen LogP contribution < -0.4 is 11.1 Å². The molecule has 136 valence electrons. The number of hydrogen-bond donors (Lipinski definition) is 2. The van der Waals surface area contributed by atoms with Gasteiger partial charge in [0, 0.05) is 17.5 Å². The predicted molar refractivity (Wildman–Crippen MR) is 110 cm³/mol. The lowest BCUT2D eigenvalue weighted by atomic mass is 9.63. The van der Waals surface area contributed by atoms with E-state index in [-0.39, 0.29) is 10.8 Å². The number of hydrogen-bond acceptors (Lipinski definition) is 4. The summed E-state index contributed by atoms with van der Waals surface area (Å²) in [5.41, 5.74) is 11.3. The van der Waals surface area contributed by atoms with Crippen LogP contribution in [0.5, 0.6) is 0 Å². The first-order valence-electron chi connectivity index (χ1n) is 9.38. The van der Waals surface area contributed by atoms with Crippen LogP contribution in [0.1, 0.15) is 64.5 Å². The molecule has 0 spiro atoms. The van der Waals surface area contributed by atoms with Crippen molar-refractivity contribution < 1.29 is 0 Å². The van der Waals surface area contributed by atoms with Crippen LogP contribution in [0.3, 0.4) is 0 Å². The Morgan fingerprint density at radius 2 is 1.80 bits per heavy atom. The molecule has 1 aromatic carbocycles. The summed E-state index contributed by atoms with van der Waals surface area (Å²) in [6, 6.07) is 6.96. The molecule has 1 heterocycles. The van der Waals surface area contributed by atoms with Gasteiger partial charge in [0.05, 0.1) is 5.69 Å². The van der Waals surface area contributed by atoms with Crippen molar-refractivity contribution in [3.63, 3.8) is 0 Å². The number of anilines is 1. The summed E-state index contributed by atoms with van der Waals surface area (Å²) in [6.07, 6.45) is 4.63. The average Bonchev–Trinajstić information content (AvgIpc) is 3.05. The Bertz CT molecular complexity index is 730. The molecule has 1 aliphatic rings. The molecule has 3 N–H and O–H groups in total. The number of benzene rings is 1. The molecule has 3 nitrogen and oxygen atoms in total. The monoisotopic (exact) mass is 357 g/mol.